The number of aliphatic hydroxyl groups is 1. The fraction of sp³-hybridized carbons (Fsp3) is 0.0690. The van der Waals surface area contributed by atoms with Crippen molar-refractivity contribution in [1.29, 1.82) is 0 Å². The van der Waals surface area contributed by atoms with Crippen molar-refractivity contribution in [3.63, 3.8) is 0 Å². The molecule has 0 amide bonds. The van der Waals surface area contributed by atoms with Gasteiger partial charge in [0.1, 0.15) is 17.3 Å². The Labute approximate surface area is 208 Å². The van der Waals surface area contributed by atoms with E-state index < -0.39 is 6.23 Å². The summed E-state index contributed by atoms with van der Waals surface area (Å²) < 4.78 is 6.97. The molecule has 4 aromatic rings. The summed E-state index contributed by atoms with van der Waals surface area (Å²) in [6.45, 7) is 2.01. The van der Waals surface area contributed by atoms with Crippen molar-refractivity contribution in [2.45, 2.75) is 13.2 Å². The number of para-hydroxylation sites is 1. The number of rotatable bonds is 7. The molecule has 1 unspecified atom stereocenters. The Morgan fingerprint density at radius 2 is 1.50 bits per heavy atom. The summed E-state index contributed by atoms with van der Waals surface area (Å²) in [5, 5.41) is 14.0. The first-order chi connectivity index (χ1) is 16.6. The number of nitrogens with zero attached hydrogens (tertiary/aromatic N) is 1. The number of allylic oxidation sites excluding steroid dienone is 1. The van der Waals surface area contributed by atoms with Crippen LogP contribution in [0, 0.1) is 0 Å². The van der Waals surface area contributed by atoms with Gasteiger partial charge < -0.3 is 15.2 Å². The molecule has 0 saturated carbocycles. The summed E-state index contributed by atoms with van der Waals surface area (Å²) in [6, 6.07) is 34.8. The minimum absolute atomic E-state index is 0.547. The zero-order valence-corrected chi connectivity index (χ0v) is 20.3. The molecule has 2 N–H and O–H groups in total. The number of nitrogens with one attached hydrogen (secondary N) is 1. The highest BCUT2D eigenvalue weighted by molar-refractivity contribution is 9.10. The van der Waals surface area contributed by atoms with Crippen LogP contribution in [0.2, 0.25) is 0 Å². The third kappa shape index (κ3) is 6.67. The van der Waals surface area contributed by atoms with Crippen LogP contribution in [0.15, 0.2) is 125 Å². The van der Waals surface area contributed by atoms with Crippen LogP contribution in [0.25, 0.3) is 5.57 Å². The van der Waals surface area contributed by atoms with Crippen LogP contribution < -0.4 is 10.1 Å². The average Bonchev–Trinajstić information content (AvgIpc) is 2.86. The van der Waals surface area contributed by atoms with Gasteiger partial charge in [-0.1, -0.05) is 76.6 Å². The number of hydrogen-bond donors (Lipinski definition) is 2. The fourth-order valence-electron chi connectivity index (χ4n) is 3.34. The second-order valence-corrected chi connectivity index (χ2v) is 8.62. The molecule has 4 nitrogen and oxygen atoms in total. The number of aliphatic imine (C=N–C) groups is 1. The van der Waals surface area contributed by atoms with Gasteiger partial charge in [0.05, 0.1) is 0 Å². The summed E-state index contributed by atoms with van der Waals surface area (Å²) in [7, 11) is 0. The molecule has 0 aromatic heterocycles. The Bertz CT molecular complexity index is 1270. The number of anilines is 1. The van der Waals surface area contributed by atoms with Crippen LogP contribution in [0.5, 0.6) is 11.5 Å². The van der Waals surface area contributed by atoms with Gasteiger partial charge in [0.25, 0.3) is 0 Å². The molecule has 0 aliphatic carbocycles. The normalized spacial score (nSPS) is 12.8. The predicted octanol–water partition coefficient (Wildman–Crippen LogP) is 7.85. The first kappa shape index (κ1) is 23.5. The zero-order valence-electron chi connectivity index (χ0n) is 18.7. The van der Waals surface area contributed by atoms with Gasteiger partial charge in [-0.05, 0) is 72.7 Å². The average molecular weight is 513 g/mol. The summed E-state index contributed by atoms with van der Waals surface area (Å²) in [5.74, 6) is 2.08. The number of hydrogen-bond acceptors (Lipinski definition) is 3. The van der Waals surface area contributed by atoms with Crippen LogP contribution in [0.4, 0.5) is 5.69 Å². The lowest BCUT2D eigenvalue weighted by Crippen LogP contribution is -2.12. The summed E-state index contributed by atoms with van der Waals surface area (Å²) >= 11 is 3.46. The molecule has 0 saturated heterocycles. The number of halogens is 1. The van der Waals surface area contributed by atoms with Crippen LogP contribution in [0.1, 0.15) is 24.3 Å². The molecule has 170 valence electrons. The molecule has 0 bridgehead atoms. The molecule has 0 spiro atoms. The molecule has 1 atom stereocenters. The quantitative estimate of drug-likeness (QED) is 0.196. The second kappa shape index (κ2) is 11.5. The van der Waals surface area contributed by atoms with Gasteiger partial charge >= 0.3 is 0 Å². The minimum atomic E-state index is -0.990. The van der Waals surface area contributed by atoms with Gasteiger partial charge in [0, 0.05) is 15.7 Å². The standard InChI is InChI=1S/C29H25BrN2O2/c1-21(23-11-8-14-27(20-23)34-26-12-6-3-7-13-26)19-28(31-25-17-15-24(30)16-18-25)32-29(33)22-9-4-2-5-10-22/h2-20,29,33H,1H3,(H,31,32)/b21-19+. The van der Waals surface area contributed by atoms with E-state index in [0.29, 0.717) is 5.84 Å². The van der Waals surface area contributed by atoms with E-state index in [2.05, 4.69) is 26.2 Å². The lowest BCUT2D eigenvalue weighted by atomic mass is 10.1. The van der Waals surface area contributed by atoms with Crippen LogP contribution in [-0.4, -0.2) is 10.9 Å². The maximum absolute atomic E-state index is 10.7. The Hall–Kier alpha value is -3.67. The minimum Gasteiger partial charge on any atom is -0.457 e. The van der Waals surface area contributed by atoms with Gasteiger partial charge in [-0.15, -0.1) is 0 Å². The molecular formula is C29H25BrN2O2. The molecule has 0 aliphatic rings. The molecule has 5 heteroatoms. The van der Waals surface area contributed by atoms with E-state index in [0.717, 1.165) is 38.4 Å². The number of amidine groups is 1. The third-order valence-corrected chi connectivity index (χ3v) is 5.63. The van der Waals surface area contributed by atoms with Crippen molar-refractivity contribution in [2.75, 3.05) is 5.32 Å². The van der Waals surface area contributed by atoms with Crippen LogP contribution in [0.3, 0.4) is 0 Å². The molecule has 4 rings (SSSR count). The molecular weight excluding hydrogens is 488 g/mol. The van der Waals surface area contributed by atoms with E-state index in [9.17, 15) is 5.11 Å². The van der Waals surface area contributed by atoms with E-state index >= 15 is 0 Å². The summed E-state index contributed by atoms with van der Waals surface area (Å²) in [4.78, 5) is 4.56. The Morgan fingerprint density at radius 3 is 2.21 bits per heavy atom. The van der Waals surface area contributed by atoms with Gasteiger partial charge in [-0.2, -0.15) is 0 Å². The van der Waals surface area contributed by atoms with Gasteiger partial charge in [0.2, 0.25) is 0 Å². The van der Waals surface area contributed by atoms with E-state index in [1.54, 1.807) is 0 Å². The Kier molecular flexibility index (Phi) is 7.91. The van der Waals surface area contributed by atoms with E-state index in [1.807, 2.05) is 122 Å². The summed E-state index contributed by atoms with van der Waals surface area (Å²) in [6.07, 6.45) is 0.937. The van der Waals surface area contributed by atoms with Crippen molar-refractivity contribution in [1.82, 2.24) is 0 Å². The lowest BCUT2D eigenvalue weighted by Gasteiger charge is -2.13. The first-order valence-corrected chi connectivity index (χ1v) is 11.7. The highest BCUT2D eigenvalue weighted by atomic mass is 79.9. The van der Waals surface area contributed by atoms with E-state index in [4.69, 9.17) is 4.74 Å². The SMILES string of the molecule is C/C(=C\C(=NC(O)c1ccccc1)Nc1ccc(Br)cc1)c1cccc(Oc2ccccc2)c1. The second-order valence-electron chi connectivity index (χ2n) is 7.70. The number of benzene rings is 4. The zero-order chi connectivity index (χ0) is 23.8. The number of ether oxygens (including phenoxy) is 1. The molecule has 0 fully saturated rings. The molecule has 4 aromatic carbocycles. The summed E-state index contributed by atoms with van der Waals surface area (Å²) in [5.41, 5.74) is 3.56. The van der Waals surface area contributed by atoms with Crippen molar-refractivity contribution in [3.05, 3.63) is 131 Å². The highest BCUT2D eigenvalue weighted by Crippen LogP contribution is 2.25. The third-order valence-electron chi connectivity index (χ3n) is 5.10. The van der Waals surface area contributed by atoms with Crippen molar-refractivity contribution in [3.8, 4) is 11.5 Å². The molecule has 34 heavy (non-hydrogen) atoms. The largest absolute Gasteiger partial charge is 0.457 e. The highest BCUT2D eigenvalue weighted by Gasteiger charge is 2.08. The Morgan fingerprint density at radius 1 is 0.853 bits per heavy atom. The van der Waals surface area contributed by atoms with Crippen molar-refractivity contribution >= 4 is 33.0 Å². The van der Waals surface area contributed by atoms with Gasteiger partial charge in [0.15, 0.2) is 6.23 Å². The predicted molar refractivity (Wildman–Crippen MR) is 143 cm³/mol. The van der Waals surface area contributed by atoms with Crippen LogP contribution in [-0.2, 0) is 0 Å². The van der Waals surface area contributed by atoms with Crippen molar-refractivity contribution in [2.24, 2.45) is 4.99 Å². The molecule has 0 aliphatic heterocycles. The van der Waals surface area contributed by atoms with Gasteiger partial charge in [-0.3, -0.25) is 0 Å². The number of aliphatic hydroxyl groups excluding tert-OH is 1. The monoisotopic (exact) mass is 512 g/mol. The smallest absolute Gasteiger partial charge is 0.173 e. The maximum atomic E-state index is 10.7. The maximum Gasteiger partial charge on any atom is 0.173 e. The topological polar surface area (TPSA) is 53.9 Å². The first-order valence-electron chi connectivity index (χ1n) is 10.9. The van der Waals surface area contributed by atoms with Gasteiger partial charge in [-0.25, -0.2) is 4.99 Å². The Balaban J connectivity index is 1.62. The molecule has 0 heterocycles. The van der Waals surface area contributed by atoms with E-state index in [-0.39, 0.29) is 0 Å². The van der Waals surface area contributed by atoms with Crippen molar-refractivity contribution < 1.29 is 9.84 Å². The molecule has 0 radical (unpaired) electrons. The fourth-order valence-corrected chi connectivity index (χ4v) is 3.60. The lowest BCUT2D eigenvalue weighted by molar-refractivity contribution is 0.189. The van der Waals surface area contributed by atoms with Crippen LogP contribution >= 0.6 is 15.9 Å². The van der Waals surface area contributed by atoms with E-state index in [1.165, 1.54) is 0 Å².